The lowest BCUT2D eigenvalue weighted by Crippen LogP contribution is -2.45. The zero-order chi connectivity index (χ0) is 22.9. The highest BCUT2D eigenvalue weighted by atomic mass is 28.4. The summed E-state index contributed by atoms with van der Waals surface area (Å²) in [6.45, 7) is 25.9. The maximum atomic E-state index is 9.94. The van der Waals surface area contributed by atoms with Crippen molar-refractivity contribution in [2.24, 2.45) is 5.92 Å². The average Bonchev–Trinajstić information content (AvgIpc) is 2.64. The molecule has 0 spiro atoms. The van der Waals surface area contributed by atoms with Crippen LogP contribution in [0.3, 0.4) is 0 Å². The molecule has 1 N–H and O–H groups in total. The molecule has 0 saturated carbocycles. The van der Waals surface area contributed by atoms with Crippen LogP contribution in [0.2, 0.25) is 36.3 Å². The highest BCUT2D eigenvalue weighted by Gasteiger charge is 2.39. The van der Waals surface area contributed by atoms with E-state index < -0.39 is 16.6 Å². The second kappa shape index (κ2) is 12.8. The third-order valence-corrected chi connectivity index (χ3v) is 16.4. The fourth-order valence-corrected chi connectivity index (χ4v) is 7.58. The van der Waals surface area contributed by atoms with E-state index in [4.69, 9.17) is 8.85 Å². The van der Waals surface area contributed by atoms with E-state index in [0.717, 1.165) is 24.8 Å². The lowest BCUT2D eigenvalue weighted by molar-refractivity contribution is 0.122. The van der Waals surface area contributed by atoms with Gasteiger partial charge in [-0.25, -0.2) is 0 Å². The molecule has 0 heterocycles. The lowest BCUT2D eigenvalue weighted by atomic mass is 9.98. The van der Waals surface area contributed by atoms with Gasteiger partial charge in [-0.2, -0.15) is 0 Å². The molecule has 0 aromatic carbocycles. The van der Waals surface area contributed by atoms with Crippen LogP contribution in [-0.2, 0) is 8.85 Å². The topological polar surface area (TPSA) is 38.7 Å². The van der Waals surface area contributed by atoms with Crippen molar-refractivity contribution < 1.29 is 14.0 Å². The van der Waals surface area contributed by atoms with Gasteiger partial charge in [0.05, 0.1) is 13.2 Å². The van der Waals surface area contributed by atoms with Gasteiger partial charge < -0.3 is 14.0 Å². The molecule has 0 fully saturated rings. The third kappa shape index (κ3) is 9.38. The van der Waals surface area contributed by atoms with Crippen molar-refractivity contribution in [1.82, 2.24) is 0 Å². The monoisotopic (exact) mass is 444 g/mol. The molecule has 0 aromatic heterocycles. The molecule has 0 bridgehead atoms. The van der Waals surface area contributed by atoms with Gasteiger partial charge >= 0.3 is 0 Å². The highest BCUT2D eigenvalue weighted by Crippen LogP contribution is 2.38. The normalized spacial score (nSPS) is 15.6. The molecular formula is C24H52O3Si2. The first-order valence-corrected chi connectivity index (χ1v) is 17.3. The fraction of sp³-hybridized carbons (Fsp3) is 0.917. The minimum Gasteiger partial charge on any atom is -0.414 e. The molecule has 0 saturated heterocycles. The smallest absolute Gasteiger partial charge is 0.192 e. The van der Waals surface area contributed by atoms with Crippen molar-refractivity contribution in [2.45, 2.75) is 124 Å². The summed E-state index contributed by atoms with van der Waals surface area (Å²) < 4.78 is 13.2. The van der Waals surface area contributed by atoms with E-state index in [0.29, 0.717) is 18.6 Å². The Morgan fingerprint density at radius 2 is 1.52 bits per heavy atom. The Hall–Kier alpha value is 0.0538. The van der Waals surface area contributed by atoms with Gasteiger partial charge in [0.1, 0.15) is 0 Å². The molecule has 0 amide bonds. The molecule has 0 rings (SSSR count). The molecule has 0 aliphatic heterocycles. The van der Waals surface area contributed by atoms with E-state index in [2.05, 4.69) is 75.4 Å². The van der Waals surface area contributed by atoms with Gasteiger partial charge in [0.15, 0.2) is 16.6 Å². The fourth-order valence-electron chi connectivity index (χ4n) is 3.45. The Morgan fingerprint density at radius 3 is 1.90 bits per heavy atom. The van der Waals surface area contributed by atoms with Gasteiger partial charge in [0, 0.05) is 6.10 Å². The van der Waals surface area contributed by atoms with E-state index in [-0.39, 0.29) is 11.6 Å². The lowest BCUT2D eigenvalue weighted by Gasteiger charge is -2.40. The first kappa shape index (κ1) is 29.1. The predicted molar refractivity (Wildman–Crippen MR) is 134 cm³/mol. The largest absolute Gasteiger partial charge is 0.414 e. The van der Waals surface area contributed by atoms with Crippen LogP contribution in [0.1, 0.15) is 81.6 Å². The van der Waals surface area contributed by atoms with Crippen LogP contribution in [0, 0.1) is 5.92 Å². The summed E-state index contributed by atoms with van der Waals surface area (Å²) in [5.74, 6) is 0.514. The van der Waals surface area contributed by atoms with Crippen LogP contribution >= 0.6 is 0 Å². The van der Waals surface area contributed by atoms with Gasteiger partial charge in [-0.15, -0.1) is 0 Å². The average molecular weight is 445 g/mol. The Kier molecular flexibility index (Phi) is 12.8. The molecule has 0 aliphatic rings. The van der Waals surface area contributed by atoms with E-state index >= 15 is 0 Å². The van der Waals surface area contributed by atoms with Gasteiger partial charge in [0.2, 0.25) is 0 Å². The minimum absolute atomic E-state index is 0.142. The van der Waals surface area contributed by atoms with Crippen LogP contribution in [0.15, 0.2) is 11.1 Å². The van der Waals surface area contributed by atoms with Crippen molar-refractivity contribution in [1.29, 1.82) is 0 Å². The summed E-state index contributed by atoms with van der Waals surface area (Å²) in [7, 11) is -3.34. The van der Waals surface area contributed by atoms with Crippen molar-refractivity contribution in [3.05, 3.63) is 11.1 Å². The molecule has 0 radical (unpaired) electrons. The van der Waals surface area contributed by atoms with E-state index in [1.807, 2.05) is 0 Å². The molecule has 5 heteroatoms. The SMILES string of the molecule is CC[Si](CC)(CC)OC/C(C)=C(\CO)CCCC(O[Si](C)(C)C(C)(C)C)C(C)C. The summed E-state index contributed by atoms with van der Waals surface area (Å²) in [5, 5.41) is 10.2. The Morgan fingerprint density at radius 1 is 1.00 bits per heavy atom. The number of aliphatic hydroxyl groups excluding tert-OH is 1. The van der Waals surface area contributed by atoms with Gasteiger partial charge in [-0.3, -0.25) is 0 Å². The molecule has 0 aliphatic carbocycles. The molecule has 1 atom stereocenters. The van der Waals surface area contributed by atoms with E-state index in [1.54, 1.807) is 0 Å². The van der Waals surface area contributed by atoms with Crippen LogP contribution in [0.4, 0.5) is 0 Å². The number of hydrogen-bond donors (Lipinski definition) is 1. The first-order valence-electron chi connectivity index (χ1n) is 11.9. The zero-order valence-corrected chi connectivity index (χ0v) is 23.6. The van der Waals surface area contributed by atoms with Gasteiger partial charge in [-0.1, -0.05) is 55.4 Å². The van der Waals surface area contributed by atoms with Crippen molar-refractivity contribution in [3.8, 4) is 0 Å². The number of aliphatic hydroxyl groups is 1. The molecule has 0 aromatic rings. The number of hydrogen-bond acceptors (Lipinski definition) is 3. The maximum absolute atomic E-state index is 9.94. The van der Waals surface area contributed by atoms with Crippen LogP contribution in [0.5, 0.6) is 0 Å². The van der Waals surface area contributed by atoms with Crippen molar-refractivity contribution in [3.63, 3.8) is 0 Å². The molecule has 3 nitrogen and oxygen atoms in total. The summed E-state index contributed by atoms with van der Waals surface area (Å²) in [6.07, 6.45) is 3.35. The summed E-state index contributed by atoms with van der Waals surface area (Å²) in [6, 6.07) is 3.51. The summed E-state index contributed by atoms with van der Waals surface area (Å²) in [4.78, 5) is 0. The molecular weight excluding hydrogens is 392 g/mol. The van der Waals surface area contributed by atoms with Crippen molar-refractivity contribution >= 4 is 16.6 Å². The van der Waals surface area contributed by atoms with Crippen LogP contribution < -0.4 is 0 Å². The number of rotatable bonds is 14. The second-order valence-electron chi connectivity index (χ2n) is 10.6. The summed E-state index contributed by atoms with van der Waals surface area (Å²) >= 11 is 0. The second-order valence-corrected chi connectivity index (χ2v) is 20.2. The van der Waals surface area contributed by atoms with Crippen LogP contribution in [-0.4, -0.2) is 41.1 Å². The predicted octanol–water partition coefficient (Wildman–Crippen LogP) is 7.53. The van der Waals surface area contributed by atoms with Crippen LogP contribution in [0.25, 0.3) is 0 Å². The molecule has 174 valence electrons. The Bertz CT molecular complexity index is 481. The maximum Gasteiger partial charge on any atom is 0.192 e. The van der Waals surface area contributed by atoms with E-state index in [1.165, 1.54) is 23.7 Å². The summed E-state index contributed by atoms with van der Waals surface area (Å²) in [5.41, 5.74) is 2.39. The first-order chi connectivity index (χ1) is 13.3. The highest BCUT2D eigenvalue weighted by molar-refractivity contribution is 6.74. The van der Waals surface area contributed by atoms with Crippen molar-refractivity contribution in [2.75, 3.05) is 13.2 Å². The molecule has 1 unspecified atom stereocenters. The van der Waals surface area contributed by atoms with Gasteiger partial charge in [-0.05, 0) is 79.5 Å². The van der Waals surface area contributed by atoms with Gasteiger partial charge in [0.25, 0.3) is 0 Å². The molecule has 29 heavy (non-hydrogen) atoms. The Balaban J connectivity index is 4.94. The quantitative estimate of drug-likeness (QED) is 0.222. The third-order valence-electron chi connectivity index (χ3n) is 7.29. The standard InChI is InChI=1S/C24H52O3Si2/c1-12-29(13-2,14-3)26-19-21(6)22(18-25)16-15-17-23(20(4)5)27-28(10,11)24(7,8)9/h20,23,25H,12-19H2,1-11H3/b22-21-. The zero-order valence-electron chi connectivity index (χ0n) is 21.6. The minimum atomic E-state index is -1.76. The Labute approximate surface area is 184 Å². The van der Waals surface area contributed by atoms with E-state index in [9.17, 15) is 5.11 Å².